The van der Waals surface area contributed by atoms with E-state index >= 15 is 0 Å². The summed E-state index contributed by atoms with van der Waals surface area (Å²) in [6.45, 7) is 0. The Hall–Kier alpha value is -2.57. The van der Waals surface area contributed by atoms with Crippen LogP contribution in [-0.2, 0) is 17.4 Å². The molecule has 0 aliphatic rings. The normalized spacial score (nSPS) is 11.2. The lowest BCUT2D eigenvalue weighted by Crippen LogP contribution is -2.15. The number of nitrogens with zero attached hydrogens (tertiary/aromatic N) is 1. The van der Waals surface area contributed by atoms with Crippen molar-refractivity contribution in [3.63, 3.8) is 0 Å². The molecule has 7 heteroatoms. The smallest absolute Gasteiger partial charge is 0.399 e. The van der Waals surface area contributed by atoms with E-state index in [0.717, 1.165) is 18.3 Å². The lowest BCUT2D eigenvalue weighted by molar-refractivity contribution is -0.141. The van der Waals surface area contributed by atoms with Crippen molar-refractivity contribution in [1.82, 2.24) is 4.98 Å². The largest absolute Gasteiger partial charge is 0.433 e. The van der Waals surface area contributed by atoms with E-state index in [2.05, 4.69) is 10.3 Å². The van der Waals surface area contributed by atoms with Gasteiger partial charge >= 0.3 is 6.18 Å². The summed E-state index contributed by atoms with van der Waals surface area (Å²) in [7, 11) is 0. The summed E-state index contributed by atoms with van der Waals surface area (Å²) in [5.74, 6) is -0.359. The van der Waals surface area contributed by atoms with E-state index in [0.29, 0.717) is 11.3 Å². The summed E-state index contributed by atoms with van der Waals surface area (Å²) in [5, 5.41) is 2.48. The average molecular weight is 295 g/mol. The van der Waals surface area contributed by atoms with Gasteiger partial charge in [0.2, 0.25) is 5.91 Å². The van der Waals surface area contributed by atoms with Crippen LogP contribution in [0, 0.1) is 0 Å². The number of anilines is 2. The van der Waals surface area contributed by atoms with Gasteiger partial charge in [-0.1, -0.05) is 12.1 Å². The molecule has 1 amide bonds. The highest BCUT2D eigenvalue weighted by Crippen LogP contribution is 2.27. The standard InChI is InChI=1S/C14H12F3N3O/c15-14(16,17)12-5-4-11(8-19-12)20-13(21)7-9-2-1-3-10(18)6-9/h1-6,8H,7,18H2,(H,20,21). The number of hydrogen-bond acceptors (Lipinski definition) is 3. The van der Waals surface area contributed by atoms with Crippen molar-refractivity contribution in [2.24, 2.45) is 0 Å². The molecule has 2 aromatic rings. The first kappa shape index (κ1) is 14.8. The van der Waals surface area contributed by atoms with Crippen molar-refractivity contribution >= 4 is 17.3 Å². The van der Waals surface area contributed by atoms with Gasteiger partial charge in [0, 0.05) is 5.69 Å². The number of nitrogen functional groups attached to an aromatic ring is 1. The van der Waals surface area contributed by atoms with E-state index in [1.54, 1.807) is 24.3 Å². The number of halogens is 3. The summed E-state index contributed by atoms with van der Waals surface area (Å²) >= 11 is 0. The maximum atomic E-state index is 12.3. The molecular formula is C14H12F3N3O. The second-order valence-corrected chi connectivity index (χ2v) is 4.40. The molecule has 1 aromatic heterocycles. The predicted molar refractivity (Wildman–Crippen MR) is 72.4 cm³/mol. The number of pyridine rings is 1. The van der Waals surface area contributed by atoms with E-state index in [1.807, 2.05) is 0 Å². The van der Waals surface area contributed by atoms with Crippen LogP contribution in [0.25, 0.3) is 0 Å². The van der Waals surface area contributed by atoms with Gasteiger partial charge in [-0.25, -0.2) is 4.98 Å². The van der Waals surface area contributed by atoms with Crippen LogP contribution in [0.15, 0.2) is 42.6 Å². The van der Waals surface area contributed by atoms with Gasteiger partial charge in [0.25, 0.3) is 0 Å². The Morgan fingerprint density at radius 3 is 2.57 bits per heavy atom. The lowest BCUT2D eigenvalue weighted by atomic mass is 10.1. The van der Waals surface area contributed by atoms with E-state index in [-0.39, 0.29) is 18.0 Å². The zero-order chi connectivity index (χ0) is 15.5. The summed E-state index contributed by atoms with van der Waals surface area (Å²) in [6, 6.07) is 8.79. The molecule has 0 unspecified atom stereocenters. The van der Waals surface area contributed by atoms with Gasteiger partial charge < -0.3 is 11.1 Å². The minimum atomic E-state index is -4.50. The molecule has 1 aromatic carbocycles. The number of nitrogens with one attached hydrogen (secondary N) is 1. The zero-order valence-electron chi connectivity index (χ0n) is 10.8. The van der Waals surface area contributed by atoms with Crippen molar-refractivity contribution < 1.29 is 18.0 Å². The Balaban J connectivity index is 2.00. The van der Waals surface area contributed by atoms with Crippen LogP contribution in [0.5, 0.6) is 0 Å². The Bertz CT molecular complexity index is 639. The number of hydrogen-bond donors (Lipinski definition) is 2. The van der Waals surface area contributed by atoms with Crippen molar-refractivity contribution in [1.29, 1.82) is 0 Å². The molecule has 2 rings (SSSR count). The zero-order valence-corrected chi connectivity index (χ0v) is 10.8. The number of amides is 1. The number of benzene rings is 1. The van der Waals surface area contributed by atoms with Gasteiger partial charge in [0.05, 0.1) is 18.3 Å². The highest BCUT2D eigenvalue weighted by atomic mass is 19.4. The van der Waals surface area contributed by atoms with E-state index < -0.39 is 11.9 Å². The lowest BCUT2D eigenvalue weighted by Gasteiger charge is -2.08. The topological polar surface area (TPSA) is 68.0 Å². The third kappa shape index (κ3) is 4.20. The molecule has 21 heavy (non-hydrogen) atoms. The highest BCUT2D eigenvalue weighted by Gasteiger charge is 2.32. The van der Waals surface area contributed by atoms with Crippen LogP contribution < -0.4 is 11.1 Å². The number of nitrogens with two attached hydrogens (primary N) is 1. The Morgan fingerprint density at radius 1 is 1.24 bits per heavy atom. The third-order valence-corrected chi connectivity index (χ3v) is 2.65. The molecule has 1 heterocycles. The quantitative estimate of drug-likeness (QED) is 0.856. The van der Waals surface area contributed by atoms with Crippen LogP contribution >= 0.6 is 0 Å². The summed E-state index contributed by atoms with van der Waals surface area (Å²) < 4.78 is 37.0. The first-order valence-corrected chi connectivity index (χ1v) is 6.02. The van der Waals surface area contributed by atoms with Crippen LogP contribution in [0.4, 0.5) is 24.5 Å². The number of rotatable bonds is 3. The molecule has 0 saturated heterocycles. The molecule has 0 atom stereocenters. The average Bonchev–Trinajstić information content (AvgIpc) is 2.38. The minimum Gasteiger partial charge on any atom is -0.399 e. The fourth-order valence-electron chi connectivity index (χ4n) is 1.73. The number of alkyl halides is 3. The van der Waals surface area contributed by atoms with E-state index in [1.165, 1.54) is 0 Å². The molecule has 0 aliphatic heterocycles. The van der Waals surface area contributed by atoms with Crippen LogP contribution in [0.1, 0.15) is 11.3 Å². The number of carbonyl (C=O) groups excluding carboxylic acids is 1. The maximum absolute atomic E-state index is 12.3. The van der Waals surface area contributed by atoms with Crippen LogP contribution in [0.3, 0.4) is 0 Å². The number of aromatic nitrogens is 1. The molecular weight excluding hydrogens is 283 g/mol. The summed E-state index contributed by atoms with van der Waals surface area (Å²) in [4.78, 5) is 15.0. The molecule has 0 spiro atoms. The second-order valence-electron chi connectivity index (χ2n) is 4.40. The van der Waals surface area contributed by atoms with Gasteiger partial charge in [0.15, 0.2) is 0 Å². The SMILES string of the molecule is Nc1cccc(CC(=O)Nc2ccc(C(F)(F)F)nc2)c1. The third-order valence-electron chi connectivity index (χ3n) is 2.65. The van der Waals surface area contributed by atoms with Crippen LogP contribution in [-0.4, -0.2) is 10.9 Å². The van der Waals surface area contributed by atoms with Crippen molar-refractivity contribution in [3.05, 3.63) is 53.9 Å². The monoisotopic (exact) mass is 295 g/mol. The molecule has 0 bridgehead atoms. The molecule has 110 valence electrons. The van der Waals surface area contributed by atoms with Gasteiger partial charge in [0.1, 0.15) is 5.69 Å². The van der Waals surface area contributed by atoms with Gasteiger partial charge in [-0.05, 0) is 29.8 Å². The molecule has 3 N–H and O–H groups in total. The molecule has 4 nitrogen and oxygen atoms in total. The fourth-order valence-corrected chi connectivity index (χ4v) is 1.73. The predicted octanol–water partition coefficient (Wildman–Crippen LogP) is 2.86. The van der Waals surface area contributed by atoms with Gasteiger partial charge in [-0.2, -0.15) is 13.2 Å². The minimum absolute atomic E-state index is 0.0755. The maximum Gasteiger partial charge on any atom is 0.433 e. The highest BCUT2D eigenvalue weighted by molar-refractivity contribution is 5.92. The fraction of sp³-hybridized carbons (Fsp3) is 0.143. The van der Waals surface area contributed by atoms with Crippen LogP contribution in [0.2, 0.25) is 0 Å². The first-order chi connectivity index (χ1) is 9.84. The van der Waals surface area contributed by atoms with Gasteiger partial charge in [-0.3, -0.25) is 4.79 Å². The Morgan fingerprint density at radius 2 is 2.00 bits per heavy atom. The first-order valence-electron chi connectivity index (χ1n) is 6.02. The second kappa shape index (κ2) is 5.82. The van der Waals surface area contributed by atoms with Crippen molar-refractivity contribution in [2.45, 2.75) is 12.6 Å². The number of carbonyl (C=O) groups is 1. The Kier molecular flexibility index (Phi) is 4.11. The van der Waals surface area contributed by atoms with Crippen molar-refractivity contribution in [3.8, 4) is 0 Å². The van der Waals surface area contributed by atoms with E-state index in [4.69, 9.17) is 5.73 Å². The Labute approximate surface area is 118 Å². The molecule has 0 aliphatic carbocycles. The molecule has 0 saturated carbocycles. The molecule has 0 radical (unpaired) electrons. The summed E-state index contributed by atoms with van der Waals surface area (Å²) in [5.41, 5.74) is 6.05. The summed E-state index contributed by atoms with van der Waals surface area (Å²) in [6.07, 6.45) is -3.45. The molecule has 0 fully saturated rings. The van der Waals surface area contributed by atoms with Gasteiger partial charge in [-0.15, -0.1) is 0 Å². The van der Waals surface area contributed by atoms with Crippen molar-refractivity contribution in [2.75, 3.05) is 11.1 Å². The van der Waals surface area contributed by atoms with E-state index in [9.17, 15) is 18.0 Å².